The zero-order chi connectivity index (χ0) is 16.2. The maximum atomic E-state index is 12.7. The summed E-state index contributed by atoms with van der Waals surface area (Å²) in [5, 5.41) is 3.34. The van der Waals surface area contributed by atoms with Gasteiger partial charge in [0.05, 0.1) is 18.0 Å². The van der Waals surface area contributed by atoms with E-state index >= 15 is 0 Å². The molecule has 1 atom stereocenters. The number of ether oxygens (including phenoxy) is 1. The molecule has 1 amide bonds. The standard InChI is InChI=1S/C18H18N2O3/c1-2-23-17(22)12-16(21)20-15-11-7-6-10-14(15)19-18(20)13-8-4-3-5-9-13/h3-11,18-19H,2,12H2,1H3. The Hall–Kier alpha value is -2.82. The van der Waals surface area contributed by atoms with E-state index in [0.29, 0.717) is 0 Å². The van der Waals surface area contributed by atoms with E-state index in [9.17, 15) is 9.59 Å². The van der Waals surface area contributed by atoms with Crippen molar-refractivity contribution < 1.29 is 14.3 Å². The molecule has 1 heterocycles. The molecule has 0 saturated carbocycles. The van der Waals surface area contributed by atoms with Gasteiger partial charge in [0, 0.05) is 0 Å². The normalized spacial score (nSPS) is 15.7. The second kappa shape index (κ2) is 6.52. The van der Waals surface area contributed by atoms with Crippen molar-refractivity contribution in [1.29, 1.82) is 0 Å². The summed E-state index contributed by atoms with van der Waals surface area (Å²) in [7, 11) is 0. The van der Waals surface area contributed by atoms with Crippen LogP contribution in [-0.2, 0) is 14.3 Å². The molecule has 0 aliphatic carbocycles. The minimum atomic E-state index is -0.506. The fourth-order valence-electron chi connectivity index (χ4n) is 2.72. The average molecular weight is 310 g/mol. The van der Waals surface area contributed by atoms with Crippen LogP contribution in [0.5, 0.6) is 0 Å². The number of amides is 1. The first kappa shape index (κ1) is 15.1. The Morgan fingerprint density at radius 2 is 1.78 bits per heavy atom. The van der Waals surface area contributed by atoms with Crippen LogP contribution in [0.25, 0.3) is 0 Å². The predicted octanol–water partition coefficient (Wildman–Crippen LogP) is 3.10. The molecule has 23 heavy (non-hydrogen) atoms. The van der Waals surface area contributed by atoms with E-state index in [1.54, 1.807) is 11.8 Å². The smallest absolute Gasteiger partial charge is 0.315 e. The van der Waals surface area contributed by atoms with E-state index in [-0.39, 0.29) is 25.1 Å². The van der Waals surface area contributed by atoms with Gasteiger partial charge in [0.1, 0.15) is 12.6 Å². The summed E-state index contributed by atoms with van der Waals surface area (Å²) in [6.45, 7) is 1.99. The molecule has 5 nitrogen and oxygen atoms in total. The number of anilines is 2. The molecule has 0 radical (unpaired) electrons. The maximum absolute atomic E-state index is 12.7. The zero-order valence-electron chi connectivity index (χ0n) is 12.9. The van der Waals surface area contributed by atoms with Crippen molar-refractivity contribution in [3.05, 3.63) is 60.2 Å². The van der Waals surface area contributed by atoms with Crippen molar-refractivity contribution in [3.63, 3.8) is 0 Å². The van der Waals surface area contributed by atoms with Crippen molar-refractivity contribution in [2.75, 3.05) is 16.8 Å². The van der Waals surface area contributed by atoms with Crippen LogP contribution < -0.4 is 10.2 Å². The molecule has 2 aromatic rings. The number of nitrogens with one attached hydrogen (secondary N) is 1. The summed E-state index contributed by atoms with van der Waals surface area (Å²) in [6, 6.07) is 17.3. The van der Waals surface area contributed by atoms with Crippen LogP contribution in [0.15, 0.2) is 54.6 Å². The summed E-state index contributed by atoms with van der Waals surface area (Å²) >= 11 is 0. The number of carbonyl (C=O) groups excluding carboxylic acids is 2. The highest BCUT2D eigenvalue weighted by Crippen LogP contribution is 2.41. The van der Waals surface area contributed by atoms with Gasteiger partial charge in [0.15, 0.2) is 0 Å². The first-order valence-corrected chi connectivity index (χ1v) is 7.59. The summed E-state index contributed by atoms with van der Waals surface area (Å²) in [6.07, 6.45) is -0.594. The van der Waals surface area contributed by atoms with E-state index in [0.717, 1.165) is 16.9 Å². The Labute approximate surface area is 134 Å². The van der Waals surface area contributed by atoms with Gasteiger partial charge in [-0.25, -0.2) is 0 Å². The lowest BCUT2D eigenvalue weighted by atomic mass is 10.1. The van der Waals surface area contributed by atoms with E-state index in [1.165, 1.54) is 0 Å². The van der Waals surface area contributed by atoms with Gasteiger partial charge in [0.2, 0.25) is 5.91 Å². The van der Waals surface area contributed by atoms with Crippen LogP contribution >= 0.6 is 0 Å². The Morgan fingerprint density at radius 3 is 2.52 bits per heavy atom. The molecule has 0 aromatic heterocycles. The van der Waals surface area contributed by atoms with E-state index in [1.807, 2.05) is 54.6 Å². The lowest BCUT2D eigenvalue weighted by Gasteiger charge is -2.25. The highest BCUT2D eigenvalue weighted by atomic mass is 16.5. The van der Waals surface area contributed by atoms with E-state index in [4.69, 9.17) is 4.74 Å². The number of nitrogens with zero attached hydrogens (tertiary/aromatic N) is 1. The van der Waals surface area contributed by atoms with Crippen molar-refractivity contribution in [1.82, 2.24) is 0 Å². The SMILES string of the molecule is CCOC(=O)CC(=O)N1c2ccccc2NC1c1ccccc1. The lowest BCUT2D eigenvalue weighted by Crippen LogP contribution is -2.35. The predicted molar refractivity (Wildman–Crippen MR) is 88.0 cm³/mol. The maximum Gasteiger partial charge on any atom is 0.315 e. The largest absolute Gasteiger partial charge is 0.466 e. The zero-order valence-corrected chi connectivity index (χ0v) is 12.9. The first-order chi connectivity index (χ1) is 11.2. The van der Waals surface area contributed by atoms with Crippen molar-refractivity contribution in [2.45, 2.75) is 19.5 Å². The lowest BCUT2D eigenvalue weighted by molar-refractivity contribution is -0.145. The minimum absolute atomic E-state index is 0.267. The van der Waals surface area contributed by atoms with Crippen molar-refractivity contribution in [2.24, 2.45) is 0 Å². The molecular weight excluding hydrogens is 292 g/mol. The summed E-state index contributed by atoms with van der Waals surface area (Å²) in [4.78, 5) is 26.0. The number of carbonyl (C=O) groups is 2. The van der Waals surface area contributed by atoms with Crippen LogP contribution in [0, 0.1) is 0 Å². The van der Waals surface area contributed by atoms with Gasteiger partial charge in [-0.05, 0) is 24.6 Å². The van der Waals surface area contributed by atoms with Crippen LogP contribution in [0.2, 0.25) is 0 Å². The van der Waals surface area contributed by atoms with Gasteiger partial charge in [0.25, 0.3) is 0 Å². The number of rotatable bonds is 4. The van der Waals surface area contributed by atoms with Crippen LogP contribution in [-0.4, -0.2) is 18.5 Å². The first-order valence-electron chi connectivity index (χ1n) is 7.59. The molecule has 1 aliphatic rings. The molecule has 1 unspecified atom stereocenters. The Balaban J connectivity index is 1.92. The molecule has 0 spiro atoms. The van der Waals surface area contributed by atoms with Crippen molar-refractivity contribution in [3.8, 4) is 0 Å². The highest BCUT2D eigenvalue weighted by Gasteiger charge is 2.35. The molecule has 2 aromatic carbocycles. The number of hydrogen-bond donors (Lipinski definition) is 1. The molecule has 5 heteroatoms. The molecule has 3 rings (SSSR count). The summed E-state index contributed by atoms with van der Waals surface area (Å²) in [5.74, 6) is -0.788. The van der Waals surface area contributed by atoms with Gasteiger partial charge in [-0.3, -0.25) is 14.5 Å². The number of fused-ring (bicyclic) bond motifs is 1. The number of benzene rings is 2. The monoisotopic (exact) mass is 310 g/mol. The Morgan fingerprint density at radius 1 is 1.09 bits per heavy atom. The number of para-hydroxylation sites is 2. The quantitative estimate of drug-likeness (QED) is 0.696. The molecule has 1 N–H and O–H groups in total. The van der Waals surface area contributed by atoms with Gasteiger partial charge in [-0.15, -0.1) is 0 Å². The van der Waals surface area contributed by atoms with Gasteiger partial charge in [-0.1, -0.05) is 42.5 Å². The van der Waals surface area contributed by atoms with E-state index in [2.05, 4.69) is 5.32 Å². The third-order valence-corrected chi connectivity index (χ3v) is 3.70. The molecule has 0 fully saturated rings. The Kier molecular flexibility index (Phi) is 4.28. The van der Waals surface area contributed by atoms with Crippen LogP contribution in [0.4, 0.5) is 11.4 Å². The number of esters is 1. The van der Waals surface area contributed by atoms with E-state index < -0.39 is 5.97 Å². The Bertz CT molecular complexity index is 715. The topological polar surface area (TPSA) is 58.6 Å². The average Bonchev–Trinajstić information content (AvgIpc) is 2.95. The van der Waals surface area contributed by atoms with Gasteiger partial charge < -0.3 is 10.1 Å². The van der Waals surface area contributed by atoms with Crippen LogP contribution in [0.3, 0.4) is 0 Å². The highest BCUT2D eigenvalue weighted by molar-refractivity contribution is 6.07. The minimum Gasteiger partial charge on any atom is -0.466 e. The molecule has 0 bridgehead atoms. The van der Waals surface area contributed by atoms with Gasteiger partial charge in [-0.2, -0.15) is 0 Å². The third-order valence-electron chi connectivity index (χ3n) is 3.70. The second-order valence-electron chi connectivity index (χ2n) is 5.22. The fraction of sp³-hybridized carbons (Fsp3) is 0.222. The molecule has 1 aliphatic heterocycles. The molecular formula is C18H18N2O3. The number of hydrogen-bond acceptors (Lipinski definition) is 4. The summed E-state index contributed by atoms with van der Waals surface area (Å²) in [5.41, 5.74) is 2.61. The van der Waals surface area contributed by atoms with Gasteiger partial charge >= 0.3 is 5.97 Å². The summed E-state index contributed by atoms with van der Waals surface area (Å²) < 4.78 is 4.89. The second-order valence-corrected chi connectivity index (χ2v) is 5.22. The molecule has 118 valence electrons. The van der Waals surface area contributed by atoms with Crippen molar-refractivity contribution >= 4 is 23.3 Å². The fourth-order valence-corrected chi connectivity index (χ4v) is 2.72. The molecule has 0 saturated heterocycles. The third kappa shape index (κ3) is 3.04. The van der Waals surface area contributed by atoms with Crippen LogP contribution in [0.1, 0.15) is 25.1 Å².